The van der Waals surface area contributed by atoms with Crippen LogP contribution in [0.25, 0.3) is 16.3 Å². The average molecular weight is 350 g/mol. The number of amides is 1. The standard InChI is InChI=1S/C21H22N2OS/c1-4-15-7-11-18-19(13-15)25-21(22-18)23-20(24)12-8-16-5-9-17(10-6-16)14(2)3/h5-14H,4H2,1-3H3,(H,22,23,24)/b12-8+. The van der Waals surface area contributed by atoms with Crippen LogP contribution in [0, 0.1) is 0 Å². The van der Waals surface area contributed by atoms with Gasteiger partial charge in [-0.2, -0.15) is 0 Å². The predicted molar refractivity (Wildman–Crippen MR) is 107 cm³/mol. The molecule has 0 fully saturated rings. The van der Waals surface area contributed by atoms with Gasteiger partial charge in [0.1, 0.15) is 0 Å². The van der Waals surface area contributed by atoms with Crippen molar-refractivity contribution < 1.29 is 4.79 Å². The molecule has 0 saturated heterocycles. The summed E-state index contributed by atoms with van der Waals surface area (Å²) in [5, 5.41) is 3.48. The lowest BCUT2D eigenvalue weighted by atomic mass is 10.0. The summed E-state index contributed by atoms with van der Waals surface area (Å²) in [5.41, 5.74) is 4.50. The third-order valence-corrected chi connectivity index (χ3v) is 5.06. The van der Waals surface area contributed by atoms with Gasteiger partial charge in [0, 0.05) is 6.08 Å². The highest BCUT2D eigenvalue weighted by Gasteiger charge is 2.06. The van der Waals surface area contributed by atoms with Crippen molar-refractivity contribution >= 4 is 38.7 Å². The largest absolute Gasteiger partial charge is 0.298 e. The van der Waals surface area contributed by atoms with Gasteiger partial charge in [0.2, 0.25) is 5.91 Å². The zero-order valence-electron chi connectivity index (χ0n) is 14.7. The summed E-state index contributed by atoms with van der Waals surface area (Å²) >= 11 is 1.51. The summed E-state index contributed by atoms with van der Waals surface area (Å²) in [6, 6.07) is 14.5. The Labute approximate surface area is 152 Å². The lowest BCUT2D eigenvalue weighted by Crippen LogP contribution is -2.07. The molecule has 25 heavy (non-hydrogen) atoms. The number of carbonyl (C=O) groups excluding carboxylic acids is 1. The number of anilines is 1. The topological polar surface area (TPSA) is 42.0 Å². The van der Waals surface area contributed by atoms with E-state index in [0.29, 0.717) is 11.0 Å². The number of nitrogens with zero attached hydrogens (tertiary/aromatic N) is 1. The van der Waals surface area contributed by atoms with Crippen LogP contribution in [-0.2, 0) is 11.2 Å². The molecule has 0 bridgehead atoms. The first-order valence-electron chi connectivity index (χ1n) is 8.53. The van der Waals surface area contributed by atoms with E-state index in [2.05, 4.69) is 55.3 Å². The summed E-state index contributed by atoms with van der Waals surface area (Å²) < 4.78 is 1.10. The molecule has 0 aliphatic rings. The number of aromatic nitrogens is 1. The quantitative estimate of drug-likeness (QED) is 0.606. The van der Waals surface area contributed by atoms with Crippen molar-refractivity contribution in [2.45, 2.75) is 33.1 Å². The van der Waals surface area contributed by atoms with Gasteiger partial charge < -0.3 is 0 Å². The maximum absolute atomic E-state index is 12.1. The number of benzene rings is 2. The second kappa shape index (κ2) is 7.62. The molecule has 128 valence electrons. The molecule has 1 heterocycles. The van der Waals surface area contributed by atoms with Gasteiger partial charge in [-0.25, -0.2) is 4.98 Å². The molecule has 4 heteroatoms. The fourth-order valence-corrected chi connectivity index (χ4v) is 3.49. The molecule has 3 nitrogen and oxygen atoms in total. The molecule has 0 unspecified atom stereocenters. The number of carbonyl (C=O) groups is 1. The van der Waals surface area contributed by atoms with Crippen LogP contribution >= 0.6 is 11.3 Å². The Morgan fingerprint density at radius 1 is 1.20 bits per heavy atom. The SMILES string of the molecule is CCc1ccc2nc(NC(=O)/C=C/c3ccc(C(C)C)cc3)sc2c1. The molecule has 0 aliphatic heterocycles. The number of rotatable bonds is 5. The van der Waals surface area contributed by atoms with Crippen molar-refractivity contribution in [2.24, 2.45) is 0 Å². The number of hydrogen-bond acceptors (Lipinski definition) is 3. The smallest absolute Gasteiger partial charge is 0.250 e. The molecule has 3 aromatic rings. The van der Waals surface area contributed by atoms with Crippen molar-refractivity contribution in [1.29, 1.82) is 0 Å². The lowest BCUT2D eigenvalue weighted by Gasteiger charge is -2.04. The van der Waals surface area contributed by atoms with Gasteiger partial charge >= 0.3 is 0 Å². The second-order valence-corrected chi connectivity index (χ2v) is 7.35. The average Bonchev–Trinajstić information content (AvgIpc) is 3.01. The van der Waals surface area contributed by atoms with E-state index in [1.807, 2.05) is 24.3 Å². The Morgan fingerprint density at radius 2 is 1.96 bits per heavy atom. The first-order valence-corrected chi connectivity index (χ1v) is 9.35. The number of fused-ring (bicyclic) bond motifs is 1. The number of thiazole rings is 1. The van der Waals surface area contributed by atoms with Gasteiger partial charge in [-0.3, -0.25) is 10.1 Å². The molecule has 3 rings (SSSR count). The van der Waals surface area contributed by atoms with Gasteiger partial charge in [-0.1, -0.05) is 62.4 Å². The van der Waals surface area contributed by atoms with Crippen LogP contribution in [-0.4, -0.2) is 10.9 Å². The van der Waals surface area contributed by atoms with Gasteiger partial charge in [0.15, 0.2) is 5.13 Å². The fourth-order valence-electron chi connectivity index (χ4n) is 2.55. The van der Waals surface area contributed by atoms with E-state index in [1.54, 1.807) is 6.08 Å². The molecule has 0 radical (unpaired) electrons. The minimum absolute atomic E-state index is 0.164. The molecule has 1 N–H and O–H groups in total. The minimum Gasteiger partial charge on any atom is -0.298 e. The molecule has 0 spiro atoms. The molecule has 2 aromatic carbocycles. The second-order valence-electron chi connectivity index (χ2n) is 6.32. The van der Waals surface area contributed by atoms with E-state index in [9.17, 15) is 4.79 Å². The van der Waals surface area contributed by atoms with Crippen LogP contribution in [0.15, 0.2) is 48.5 Å². The van der Waals surface area contributed by atoms with Crippen LogP contribution in [0.3, 0.4) is 0 Å². The van der Waals surface area contributed by atoms with E-state index in [4.69, 9.17) is 0 Å². The molecule has 1 amide bonds. The van der Waals surface area contributed by atoms with Crippen molar-refractivity contribution in [2.75, 3.05) is 5.32 Å². The van der Waals surface area contributed by atoms with Crippen LogP contribution in [0.4, 0.5) is 5.13 Å². The summed E-state index contributed by atoms with van der Waals surface area (Å²) in [5.74, 6) is 0.344. The number of hydrogen-bond donors (Lipinski definition) is 1. The minimum atomic E-state index is -0.164. The first kappa shape index (κ1) is 17.4. The van der Waals surface area contributed by atoms with Crippen LogP contribution in [0.2, 0.25) is 0 Å². The fraction of sp³-hybridized carbons (Fsp3) is 0.238. The zero-order valence-corrected chi connectivity index (χ0v) is 15.6. The molecule has 0 saturated carbocycles. The molecule has 1 aromatic heterocycles. The van der Waals surface area contributed by atoms with Gasteiger partial charge in [-0.15, -0.1) is 0 Å². The highest BCUT2D eigenvalue weighted by Crippen LogP contribution is 2.27. The molecular formula is C21H22N2OS. The van der Waals surface area contributed by atoms with E-state index < -0.39 is 0 Å². The zero-order chi connectivity index (χ0) is 17.8. The van der Waals surface area contributed by atoms with Crippen molar-refractivity contribution in [3.63, 3.8) is 0 Å². The normalized spacial score (nSPS) is 11.5. The lowest BCUT2D eigenvalue weighted by molar-refractivity contribution is -0.111. The summed E-state index contributed by atoms with van der Waals surface area (Å²) in [4.78, 5) is 16.6. The van der Waals surface area contributed by atoms with Gasteiger partial charge in [0.05, 0.1) is 10.2 Å². The van der Waals surface area contributed by atoms with E-state index in [-0.39, 0.29) is 5.91 Å². The van der Waals surface area contributed by atoms with Gasteiger partial charge in [-0.05, 0) is 47.2 Å². The van der Waals surface area contributed by atoms with Crippen LogP contribution in [0.5, 0.6) is 0 Å². The van der Waals surface area contributed by atoms with E-state index in [0.717, 1.165) is 22.2 Å². The Kier molecular flexibility index (Phi) is 5.29. The summed E-state index contributed by atoms with van der Waals surface area (Å²) in [6.45, 7) is 6.46. The third-order valence-electron chi connectivity index (χ3n) is 4.12. The third kappa shape index (κ3) is 4.34. The highest BCUT2D eigenvalue weighted by molar-refractivity contribution is 7.22. The van der Waals surface area contributed by atoms with E-state index >= 15 is 0 Å². The Morgan fingerprint density at radius 3 is 2.64 bits per heavy atom. The predicted octanol–water partition coefficient (Wildman–Crippen LogP) is 5.63. The maximum Gasteiger partial charge on any atom is 0.250 e. The maximum atomic E-state index is 12.1. The van der Waals surface area contributed by atoms with E-state index in [1.165, 1.54) is 22.5 Å². The number of aryl methyl sites for hydroxylation is 1. The first-order chi connectivity index (χ1) is 12.0. The van der Waals surface area contributed by atoms with Crippen molar-refractivity contribution in [3.8, 4) is 0 Å². The summed E-state index contributed by atoms with van der Waals surface area (Å²) in [7, 11) is 0. The summed E-state index contributed by atoms with van der Waals surface area (Å²) in [6.07, 6.45) is 4.36. The Balaban J connectivity index is 1.67. The van der Waals surface area contributed by atoms with Crippen LogP contribution in [0.1, 0.15) is 43.4 Å². The molecule has 0 aliphatic carbocycles. The van der Waals surface area contributed by atoms with Crippen molar-refractivity contribution in [1.82, 2.24) is 4.98 Å². The molecule has 0 atom stereocenters. The van der Waals surface area contributed by atoms with Crippen LogP contribution < -0.4 is 5.32 Å². The van der Waals surface area contributed by atoms with Crippen molar-refractivity contribution in [3.05, 3.63) is 65.2 Å². The van der Waals surface area contributed by atoms with Gasteiger partial charge in [0.25, 0.3) is 0 Å². The Hall–Kier alpha value is -2.46. The Bertz CT molecular complexity index is 907. The monoisotopic (exact) mass is 350 g/mol. The number of nitrogens with one attached hydrogen (secondary N) is 1. The molecular weight excluding hydrogens is 328 g/mol. The highest BCUT2D eigenvalue weighted by atomic mass is 32.1.